The van der Waals surface area contributed by atoms with E-state index in [1.54, 1.807) is 6.08 Å². The third-order valence-electron chi connectivity index (χ3n) is 0.490. The van der Waals surface area contributed by atoms with E-state index in [2.05, 4.69) is 10.8 Å². The third kappa shape index (κ3) is 3.77. The first-order valence-electron chi connectivity index (χ1n) is 2.05. The summed E-state index contributed by atoms with van der Waals surface area (Å²) in [5.41, 5.74) is 0. The maximum absolute atomic E-state index is 10.3. The Balaban J connectivity index is 3.52. The van der Waals surface area contributed by atoms with Crippen molar-refractivity contribution in [1.29, 1.82) is 0 Å². The second-order valence-electron chi connectivity index (χ2n) is 0.991. The van der Waals surface area contributed by atoms with E-state index in [9.17, 15) is 4.21 Å². The summed E-state index contributed by atoms with van der Waals surface area (Å²) in [6, 6.07) is 0. The summed E-state index contributed by atoms with van der Waals surface area (Å²) in [7, 11) is 1.38. The molecule has 3 heteroatoms. The molecule has 0 spiro atoms. The summed E-state index contributed by atoms with van der Waals surface area (Å²) in [5.74, 6) is 0. The van der Waals surface area contributed by atoms with E-state index >= 15 is 0 Å². The first kappa shape index (κ1) is 7.59. The van der Waals surface area contributed by atoms with Gasteiger partial charge in [0.25, 0.3) is 0 Å². The van der Waals surface area contributed by atoms with Crippen molar-refractivity contribution in [1.82, 2.24) is 0 Å². The van der Waals surface area contributed by atoms with E-state index in [1.165, 1.54) is 18.6 Å². The molecule has 0 aliphatic heterocycles. The Kier molecular flexibility index (Phi) is 4.50. The topological polar surface area (TPSA) is 26.3 Å². The Hall–Kier alpha value is -0.410. The van der Waals surface area contributed by atoms with Gasteiger partial charge in [-0.05, 0) is 0 Å². The van der Waals surface area contributed by atoms with E-state index in [0.29, 0.717) is 0 Å². The minimum Gasteiger partial charge on any atom is -0.291 e. The summed E-state index contributed by atoms with van der Waals surface area (Å²) >= 11 is -1.28. The van der Waals surface area contributed by atoms with E-state index in [0.717, 1.165) is 0 Å². The van der Waals surface area contributed by atoms with Crippen LogP contribution in [-0.4, -0.2) is 11.3 Å². The third-order valence-corrected chi connectivity index (χ3v) is 1.20. The fourth-order valence-corrected chi connectivity index (χ4v) is 0.526. The van der Waals surface area contributed by atoms with Gasteiger partial charge in [0.05, 0.1) is 7.11 Å². The van der Waals surface area contributed by atoms with Crippen LogP contribution in [-0.2, 0) is 15.3 Å². The lowest BCUT2D eigenvalue weighted by atomic mass is 10.6. The minimum atomic E-state index is -1.28. The quantitative estimate of drug-likeness (QED) is 0.535. The highest BCUT2D eigenvalue weighted by atomic mass is 32.2. The summed E-state index contributed by atoms with van der Waals surface area (Å²) in [5, 5.41) is 1.41. The van der Waals surface area contributed by atoms with Crippen LogP contribution in [0.4, 0.5) is 0 Å². The average Bonchev–Trinajstić information content (AvgIpc) is 1.83. The van der Waals surface area contributed by atoms with Gasteiger partial charge in [0, 0.05) is 5.41 Å². The molecule has 0 bridgehead atoms. The fourth-order valence-electron chi connectivity index (χ4n) is 0.175. The van der Waals surface area contributed by atoms with Gasteiger partial charge in [-0.15, -0.1) is 0 Å². The lowest BCUT2D eigenvalue weighted by Gasteiger charge is -1.83. The molecule has 0 aromatic heterocycles. The van der Waals surface area contributed by atoms with Crippen molar-refractivity contribution >= 4 is 11.1 Å². The molecule has 1 atom stereocenters. The predicted molar refractivity (Wildman–Crippen MR) is 34.5 cm³/mol. The van der Waals surface area contributed by atoms with Crippen LogP contribution in [0.3, 0.4) is 0 Å². The molecule has 8 heavy (non-hydrogen) atoms. The lowest BCUT2D eigenvalue weighted by Crippen LogP contribution is -1.83. The van der Waals surface area contributed by atoms with E-state index in [-0.39, 0.29) is 0 Å². The summed E-state index contributed by atoms with van der Waals surface area (Å²) < 4.78 is 14.7. The van der Waals surface area contributed by atoms with Crippen LogP contribution in [0, 0.1) is 0 Å². The first-order chi connectivity index (χ1) is 3.81. The molecule has 0 radical (unpaired) electrons. The van der Waals surface area contributed by atoms with Crippen LogP contribution in [0.25, 0.3) is 0 Å². The SMILES string of the molecule is C=CC=CS(=O)OC. The molecule has 0 N–H and O–H groups in total. The van der Waals surface area contributed by atoms with E-state index in [4.69, 9.17) is 0 Å². The van der Waals surface area contributed by atoms with Gasteiger partial charge in [-0.2, -0.15) is 0 Å². The Labute approximate surface area is 51.5 Å². The van der Waals surface area contributed by atoms with E-state index in [1.807, 2.05) is 0 Å². The second kappa shape index (κ2) is 4.74. The number of hydrogen-bond donors (Lipinski definition) is 0. The molecule has 1 unspecified atom stereocenters. The summed E-state index contributed by atoms with van der Waals surface area (Å²) in [6.45, 7) is 3.39. The number of hydrogen-bond acceptors (Lipinski definition) is 2. The molecule has 0 fully saturated rings. The van der Waals surface area contributed by atoms with Crippen LogP contribution in [0.5, 0.6) is 0 Å². The van der Waals surface area contributed by atoms with Gasteiger partial charge in [0.2, 0.25) is 0 Å². The highest BCUT2D eigenvalue weighted by molar-refractivity contribution is 7.83. The normalized spacial score (nSPS) is 14.1. The smallest absolute Gasteiger partial charge is 0.181 e. The van der Waals surface area contributed by atoms with Crippen molar-refractivity contribution in [3.05, 3.63) is 24.1 Å². The fraction of sp³-hybridized carbons (Fsp3) is 0.200. The molecule has 0 aromatic rings. The highest BCUT2D eigenvalue weighted by Gasteiger charge is 1.81. The van der Waals surface area contributed by atoms with Gasteiger partial charge in [-0.25, -0.2) is 4.21 Å². The highest BCUT2D eigenvalue weighted by Crippen LogP contribution is 1.83. The van der Waals surface area contributed by atoms with Crippen molar-refractivity contribution in [2.75, 3.05) is 7.11 Å². The standard InChI is InChI=1S/C5H8O2S/c1-3-4-5-8(6)7-2/h3-5H,1H2,2H3. The van der Waals surface area contributed by atoms with Crippen LogP contribution in [0.15, 0.2) is 24.1 Å². The van der Waals surface area contributed by atoms with Crippen molar-refractivity contribution in [3.63, 3.8) is 0 Å². The molecule has 0 amide bonds. The number of allylic oxidation sites excluding steroid dienone is 2. The van der Waals surface area contributed by atoms with Gasteiger partial charge in [-0.1, -0.05) is 18.7 Å². The van der Waals surface area contributed by atoms with E-state index < -0.39 is 11.1 Å². The Morgan fingerprint density at radius 1 is 1.75 bits per heavy atom. The molecule has 0 rings (SSSR count). The monoisotopic (exact) mass is 132 g/mol. The average molecular weight is 132 g/mol. The largest absolute Gasteiger partial charge is 0.291 e. The Morgan fingerprint density at radius 2 is 2.38 bits per heavy atom. The zero-order chi connectivity index (χ0) is 6.41. The molecule has 0 saturated heterocycles. The van der Waals surface area contributed by atoms with Crippen LogP contribution in [0.1, 0.15) is 0 Å². The Morgan fingerprint density at radius 3 is 2.75 bits per heavy atom. The van der Waals surface area contributed by atoms with Crippen LogP contribution < -0.4 is 0 Å². The van der Waals surface area contributed by atoms with Crippen molar-refractivity contribution < 1.29 is 8.39 Å². The summed E-state index contributed by atoms with van der Waals surface area (Å²) in [6.07, 6.45) is 3.11. The van der Waals surface area contributed by atoms with Crippen molar-refractivity contribution in [2.24, 2.45) is 0 Å². The van der Waals surface area contributed by atoms with Crippen LogP contribution in [0.2, 0.25) is 0 Å². The molecule has 0 heterocycles. The van der Waals surface area contributed by atoms with Gasteiger partial charge in [0.1, 0.15) is 0 Å². The molecule has 0 aliphatic rings. The van der Waals surface area contributed by atoms with Gasteiger partial charge < -0.3 is 0 Å². The molecular formula is C5H8O2S. The zero-order valence-electron chi connectivity index (χ0n) is 4.66. The van der Waals surface area contributed by atoms with Gasteiger partial charge in [0.15, 0.2) is 11.1 Å². The second-order valence-corrected chi connectivity index (χ2v) is 2.12. The lowest BCUT2D eigenvalue weighted by molar-refractivity contribution is 0.452. The molecule has 0 saturated carbocycles. The maximum Gasteiger partial charge on any atom is 0.181 e. The molecule has 2 nitrogen and oxygen atoms in total. The maximum atomic E-state index is 10.3. The molecule has 0 aromatic carbocycles. The van der Waals surface area contributed by atoms with Gasteiger partial charge in [-0.3, -0.25) is 4.18 Å². The predicted octanol–water partition coefficient (Wildman–Crippen LogP) is 0.996. The number of rotatable bonds is 3. The van der Waals surface area contributed by atoms with Gasteiger partial charge >= 0.3 is 0 Å². The molecule has 46 valence electrons. The molecular weight excluding hydrogens is 124 g/mol. The van der Waals surface area contributed by atoms with Crippen molar-refractivity contribution in [3.8, 4) is 0 Å². The Bertz CT molecular complexity index is 118. The van der Waals surface area contributed by atoms with Crippen LogP contribution >= 0.6 is 0 Å². The zero-order valence-corrected chi connectivity index (χ0v) is 5.48. The first-order valence-corrected chi connectivity index (χ1v) is 3.19. The summed E-state index contributed by atoms with van der Waals surface area (Å²) in [4.78, 5) is 0. The van der Waals surface area contributed by atoms with Crippen molar-refractivity contribution in [2.45, 2.75) is 0 Å². The molecule has 0 aliphatic carbocycles. The minimum absolute atomic E-state index is 1.28.